The summed E-state index contributed by atoms with van der Waals surface area (Å²) in [5.41, 5.74) is 1.41. The molecule has 96 valence electrons. The van der Waals surface area contributed by atoms with Gasteiger partial charge >= 0.3 is 0 Å². The van der Waals surface area contributed by atoms with E-state index >= 15 is 0 Å². The van der Waals surface area contributed by atoms with Crippen LogP contribution in [0, 0.1) is 17.1 Å². The van der Waals surface area contributed by atoms with Gasteiger partial charge in [-0.25, -0.2) is 4.39 Å². The van der Waals surface area contributed by atoms with Crippen LogP contribution in [-0.2, 0) is 0 Å². The van der Waals surface area contributed by atoms with Crippen LogP contribution in [-0.4, -0.2) is 0 Å². The average molecular weight is 340 g/mol. The Morgan fingerprint density at radius 3 is 2.68 bits per heavy atom. The molecule has 2 rings (SSSR count). The monoisotopic (exact) mass is 338 g/mol. The minimum Gasteiger partial charge on any atom is -0.366 e. The fraction of sp³-hybridized carbons (Fsp3) is 0.0714. The molecule has 0 aliphatic heterocycles. The van der Waals surface area contributed by atoms with E-state index in [1.54, 1.807) is 30.3 Å². The van der Waals surface area contributed by atoms with Crippen LogP contribution in [0.5, 0.6) is 0 Å². The highest BCUT2D eigenvalue weighted by Crippen LogP contribution is 2.25. The van der Waals surface area contributed by atoms with E-state index in [1.165, 1.54) is 6.07 Å². The molecular weight excluding hydrogens is 331 g/mol. The Bertz CT molecular complexity index is 640. The molecule has 0 spiro atoms. The first-order valence-corrected chi connectivity index (χ1v) is 6.64. The predicted molar refractivity (Wildman–Crippen MR) is 77.5 cm³/mol. The SMILES string of the molecule is N#CC(Nc1cccc(Cl)c1)c1ccc(F)c(Br)c1. The van der Waals surface area contributed by atoms with E-state index in [9.17, 15) is 9.65 Å². The van der Waals surface area contributed by atoms with Crippen LogP contribution in [0.1, 0.15) is 11.6 Å². The van der Waals surface area contributed by atoms with E-state index in [-0.39, 0.29) is 5.82 Å². The number of benzene rings is 2. The highest BCUT2D eigenvalue weighted by molar-refractivity contribution is 9.10. The summed E-state index contributed by atoms with van der Waals surface area (Å²) in [6, 6.07) is 13.1. The van der Waals surface area contributed by atoms with Gasteiger partial charge in [-0.1, -0.05) is 23.7 Å². The molecule has 0 bridgehead atoms. The zero-order valence-electron chi connectivity index (χ0n) is 9.70. The highest BCUT2D eigenvalue weighted by atomic mass is 79.9. The fourth-order valence-corrected chi connectivity index (χ4v) is 2.21. The largest absolute Gasteiger partial charge is 0.366 e. The predicted octanol–water partition coefficient (Wildman–Crippen LogP) is 4.92. The molecular formula is C14H9BrClFN2. The Balaban J connectivity index is 2.25. The fourth-order valence-electron chi connectivity index (χ4n) is 1.63. The van der Waals surface area contributed by atoms with E-state index in [2.05, 4.69) is 27.3 Å². The lowest BCUT2D eigenvalue weighted by atomic mass is 10.1. The van der Waals surface area contributed by atoms with Crippen LogP contribution >= 0.6 is 27.5 Å². The van der Waals surface area contributed by atoms with Crippen LogP contribution in [0.15, 0.2) is 46.9 Å². The summed E-state index contributed by atoms with van der Waals surface area (Å²) >= 11 is 8.99. The second-order valence-electron chi connectivity index (χ2n) is 3.89. The maximum absolute atomic E-state index is 13.2. The third kappa shape index (κ3) is 3.46. The molecule has 19 heavy (non-hydrogen) atoms. The Labute approximate surface area is 123 Å². The lowest BCUT2D eigenvalue weighted by Crippen LogP contribution is -2.08. The van der Waals surface area contributed by atoms with Gasteiger partial charge in [0, 0.05) is 10.7 Å². The molecule has 0 aromatic heterocycles. The Kier molecular flexibility index (Phi) is 4.41. The second-order valence-corrected chi connectivity index (χ2v) is 5.18. The Morgan fingerprint density at radius 2 is 2.05 bits per heavy atom. The third-order valence-corrected chi connectivity index (χ3v) is 3.38. The molecule has 2 nitrogen and oxygen atoms in total. The number of nitrogens with one attached hydrogen (secondary N) is 1. The summed E-state index contributed by atoms with van der Waals surface area (Å²) in [4.78, 5) is 0. The maximum Gasteiger partial charge on any atom is 0.140 e. The summed E-state index contributed by atoms with van der Waals surface area (Å²) in [7, 11) is 0. The van der Waals surface area contributed by atoms with Crippen LogP contribution in [0.3, 0.4) is 0 Å². The van der Waals surface area contributed by atoms with Crippen LogP contribution in [0.4, 0.5) is 10.1 Å². The number of halogens is 3. The van der Waals surface area contributed by atoms with Gasteiger partial charge in [0.15, 0.2) is 0 Å². The minimum absolute atomic E-state index is 0.332. The second kappa shape index (κ2) is 6.05. The molecule has 1 atom stereocenters. The van der Waals surface area contributed by atoms with Gasteiger partial charge in [-0.2, -0.15) is 5.26 Å². The third-order valence-electron chi connectivity index (χ3n) is 2.54. The summed E-state index contributed by atoms with van der Waals surface area (Å²) in [6.45, 7) is 0. The molecule has 0 saturated heterocycles. The number of anilines is 1. The summed E-state index contributed by atoms with van der Waals surface area (Å²) in [5, 5.41) is 12.8. The van der Waals surface area contributed by atoms with Gasteiger partial charge in [0.05, 0.1) is 10.5 Å². The summed E-state index contributed by atoms with van der Waals surface area (Å²) < 4.78 is 13.5. The number of hydrogen-bond donors (Lipinski definition) is 1. The van der Waals surface area contributed by atoms with Crippen molar-refractivity contribution in [1.29, 1.82) is 5.26 Å². The lowest BCUT2D eigenvalue weighted by molar-refractivity contribution is 0.620. The van der Waals surface area contributed by atoms with Crippen LogP contribution in [0.25, 0.3) is 0 Å². The van der Waals surface area contributed by atoms with Gasteiger partial charge in [0.1, 0.15) is 11.9 Å². The minimum atomic E-state index is -0.574. The van der Waals surface area contributed by atoms with E-state index in [4.69, 9.17) is 11.6 Å². The zero-order valence-corrected chi connectivity index (χ0v) is 12.0. The first kappa shape index (κ1) is 13.9. The van der Waals surface area contributed by atoms with E-state index in [0.717, 1.165) is 5.69 Å². The van der Waals surface area contributed by atoms with E-state index in [1.807, 2.05) is 6.07 Å². The first-order valence-electron chi connectivity index (χ1n) is 5.47. The van der Waals surface area contributed by atoms with Crippen molar-refractivity contribution in [3.63, 3.8) is 0 Å². The zero-order chi connectivity index (χ0) is 13.8. The molecule has 0 radical (unpaired) electrons. The van der Waals surface area contributed by atoms with Gasteiger partial charge in [-0.05, 0) is 51.8 Å². The Morgan fingerprint density at radius 1 is 1.26 bits per heavy atom. The van der Waals surface area contributed by atoms with Crippen molar-refractivity contribution in [2.24, 2.45) is 0 Å². The van der Waals surface area contributed by atoms with Gasteiger partial charge in [0.2, 0.25) is 0 Å². The molecule has 0 aliphatic rings. The van der Waals surface area contributed by atoms with Gasteiger partial charge < -0.3 is 5.32 Å². The van der Waals surface area contributed by atoms with Gasteiger partial charge in [-0.15, -0.1) is 0 Å². The number of hydrogen-bond acceptors (Lipinski definition) is 2. The van der Waals surface area contributed by atoms with Crippen molar-refractivity contribution < 1.29 is 4.39 Å². The van der Waals surface area contributed by atoms with Crippen molar-refractivity contribution in [3.05, 3.63) is 63.3 Å². The van der Waals surface area contributed by atoms with Crippen molar-refractivity contribution in [2.75, 3.05) is 5.32 Å². The molecule has 0 heterocycles. The summed E-state index contributed by atoms with van der Waals surface area (Å²) in [6.07, 6.45) is 0. The maximum atomic E-state index is 13.2. The molecule has 0 saturated carbocycles. The van der Waals surface area contributed by atoms with Gasteiger partial charge in [-0.3, -0.25) is 0 Å². The molecule has 1 N–H and O–H groups in total. The number of nitrogens with zero attached hydrogens (tertiary/aromatic N) is 1. The topological polar surface area (TPSA) is 35.8 Å². The standard InChI is InChI=1S/C14H9BrClFN2/c15-12-6-9(4-5-13(12)17)14(8-18)19-11-3-1-2-10(16)7-11/h1-7,14,19H. The molecule has 2 aromatic rings. The van der Waals surface area contributed by atoms with Crippen molar-refractivity contribution in [3.8, 4) is 6.07 Å². The van der Waals surface area contributed by atoms with Crippen molar-refractivity contribution >= 4 is 33.2 Å². The first-order chi connectivity index (χ1) is 9.10. The van der Waals surface area contributed by atoms with Gasteiger partial charge in [0.25, 0.3) is 0 Å². The van der Waals surface area contributed by atoms with Crippen LogP contribution < -0.4 is 5.32 Å². The quantitative estimate of drug-likeness (QED) is 0.861. The van der Waals surface area contributed by atoms with Crippen molar-refractivity contribution in [2.45, 2.75) is 6.04 Å². The lowest BCUT2D eigenvalue weighted by Gasteiger charge is -2.14. The molecule has 0 amide bonds. The molecule has 5 heteroatoms. The van der Waals surface area contributed by atoms with E-state index < -0.39 is 6.04 Å². The molecule has 2 aromatic carbocycles. The Hall–Kier alpha value is -1.57. The molecule has 1 unspecified atom stereocenters. The highest BCUT2D eigenvalue weighted by Gasteiger charge is 2.12. The normalized spacial score (nSPS) is 11.7. The molecule has 0 fully saturated rings. The summed E-state index contributed by atoms with van der Waals surface area (Å²) in [5.74, 6) is -0.358. The van der Waals surface area contributed by atoms with Crippen LogP contribution in [0.2, 0.25) is 5.02 Å². The van der Waals surface area contributed by atoms with E-state index in [0.29, 0.717) is 15.1 Å². The van der Waals surface area contributed by atoms with Crippen molar-refractivity contribution in [1.82, 2.24) is 0 Å². The number of nitriles is 1. The number of rotatable bonds is 3. The smallest absolute Gasteiger partial charge is 0.140 e. The average Bonchev–Trinajstić information content (AvgIpc) is 2.39. The molecule has 0 aliphatic carbocycles.